The summed E-state index contributed by atoms with van der Waals surface area (Å²) in [5, 5.41) is 14.2. The van der Waals surface area contributed by atoms with Gasteiger partial charge >= 0.3 is 18.2 Å². The first kappa shape index (κ1) is 22.9. The Morgan fingerprint density at radius 2 is 1.50 bits per heavy atom. The number of benzene rings is 2. The van der Waals surface area contributed by atoms with E-state index < -0.39 is 29.2 Å². The van der Waals surface area contributed by atoms with Crippen LogP contribution in [0.25, 0.3) is 11.3 Å². The number of nitrogens with one attached hydrogen (secondary N) is 2. The second-order valence-corrected chi connectivity index (χ2v) is 7.72. The lowest BCUT2D eigenvalue weighted by molar-refractivity contribution is -0.147. The van der Waals surface area contributed by atoms with Crippen LogP contribution in [0.15, 0.2) is 59.1 Å². The first-order valence-electron chi connectivity index (χ1n) is 9.48. The highest BCUT2D eigenvalue weighted by Crippen LogP contribution is 2.30. The number of urea groups is 1. The van der Waals surface area contributed by atoms with Crippen molar-refractivity contribution in [2.24, 2.45) is 5.41 Å². The number of aromatic nitrogens is 1. The number of alkyl halides is 3. The van der Waals surface area contributed by atoms with Crippen LogP contribution in [0, 0.1) is 5.41 Å². The van der Waals surface area contributed by atoms with E-state index in [9.17, 15) is 27.9 Å². The zero-order valence-corrected chi connectivity index (χ0v) is 17.2. The minimum absolute atomic E-state index is 0.131. The first-order valence-corrected chi connectivity index (χ1v) is 9.48. The number of carbonyl (C=O) groups is 2. The first-order chi connectivity index (χ1) is 14.9. The van der Waals surface area contributed by atoms with Crippen molar-refractivity contribution >= 4 is 23.4 Å². The molecule has 0 unspecified atom stereocenters. The molecule has 3 rings (SSSR count). The molecule has 2 aromatic carbocycles. The fourth-order valence-electron chi connectivity index (χ4n) is 2.73. The van der Waals surface area contributed by atoms with E-state index in [4.69, 9.17) is 4.42 Å². The summed E-state index contributed by atoms with van der Waals surface area (Å²) in [6, 6.07) is 10.1. The van der Waals surface area contributed by atoms with Crippen molar-refractivity contribution in [3.05, 3.63) is 66.2 Å². The van der Waals surface area contributed by atoms with E-state index >= 15 is 0 Å². The van der Waals surface area contributed by atoms with Crippen LogP contribution >= 0.6 is 0 Å². The van der Waals surface area contributed by atoms with E-state index in [1.807, 2.05) is 0 Å². The molecule has 2 amide bonds. The monoisotopic (exact) mass is 447 g/mol. The van der Waals surface area contributed by atoms with Crippen molar-refractivity contribution in [3.63, 3.8) is 0 Å². The van der Waals surface area contributed by atoms with Crippen molar-refractivity contribution in [1.82, 2.24) is 4.98 Å². The SMILES string of the molecule is CC(C)(Cc1ncc(-c2ccc(NC(=O)Nc3ccc(C(F)(F)F)cc3)cc2)o1)C(=O)O. The third-order valence-corrected chi connectivity index (χ3v) is 4.62. The lowest BCUT2D eigenvalue weighted by Crippen LogP contribution is -2.26. The quantitative estimate of drug-likeness (QED) is 0.452. The number of hydrogen-bond acceptors (Lipinski definition) is 4. The van der Waals surface area contributed by atoms with Gasteiger partial charge in [-0.3, -0.25) is 4.79 Å². The zero-order valence-electron chi connectivity index (χ0n) is 17.2. The van der Waals surface area contributed by atoms with E-state index in [1.54, 1.807) is 38.1 Å². The molecular weight excluding hydrogens is 427 g/mol. The molecule has 0 spiro atoms. The Kier molecular flexibility index (Phi) is 6.24. The fourth-order valence-corrected chi connectivity index (χ4v) is 2.73. The number of oxazole rings is 1. The van der Waals surface area contributed by atoms with E-state index in [0.717, 1.165) is 12.1 Å². The van der Waals surface area contributed by atoms with Gasteiger partial charge in [0.1, 0.15) is 0 Å². The normalized spacial score (nSPS) is 11.8. The molecule has 0 fully saturated rings. The predicted molar refractivity (Wildman–Crippen MR) is 111 cm³/mol. The molecular formula is C22H20F3N3O4. The van der Waals surface area contributed by atoms with E-state index in [0.29, 0.717) is 22.9 Å². The van der Waals surface area contributed by atoms with Gasteiger partial charge in [-0.25, -0.2) is 9.78 Å². The summed E-state index contributed by atoms with van der Waals surface area (Å²) in [6.07, 6.45) is -2.82. The van der Waals surface area contributed by atoms with Crippen LogP contribution in [0.4, 0.5) is 29.3 Å². The minimum atomic E-state index is -4.45. The number of anilines is 2. The third kappa shape index (κ3) is 5.65. The van der Waals surface area contributed by atoms with Crippen molar-refractivity contribution < 1.29 is 32.3 Å². The number of rotatable bonds is 6. The van der Waals surface area contributed by atoms with Crippen molar-refractivity contribution in [2.75, 3.05) is 10.6 Å². The van der Waals surface area contributed by atoms with Crippen LogP contribution in [-0.2, 0) is 17.4 Å². The molecule has 0 saturated carbocycles. The molecule has 1 aromatic heterocycles. The highest BCUT2D eigenvalue weighted by Gasteiger charge is 2.30. The number of amides is 2. The molecule has 0 aliphatic heterocycles. The van der Waals surface area contributed by atoms with Crippen LogP contribution in [0.2, 0.25) is 0 Å². The molecule has 0 radical (unpaired) electrons. The largest absolute Gasteiger partial charge is 0.481 e. The average Bonchev–Trinajstić information content (AvgIpc) is 3.16. The summed E-state index contributed by atoms with van der Waals surface area (Å²) >= 11 is 0. The predicted octanol–water partition coefficient (Wildman–Crippen LogP) is 5.66. The lowest BCUT2D eigenvalue weighted by Gasteiger charge is -2.16. The van der Waals surface area contributed by atoms with E-state index in [2.05, 4.69) is 15.6 Å². The summed E-state index contributed by atoms with van der Waals surface area (Å²) in [7, 11) is 0. The molecule has 0 saturated heterocycles. The number of aliphatic carboxylic acids is 1. The molecule has 0 atom stereocenters. The molecule has 0 aliphatic carbocycles. The Morgan fingerprint density at radius 3 is 2.00 bits per heavy atom. The molecule has 0 aliphatic rings. The Labute approximate surface area is 181 Å². The van der Waals surface area contributed by atoms with Gasteiger partial charge in [-0.2, -0.15) is 13.2 Å². The topological polar surface area (TPSA) is 104 Å². The highest BCUT2D eigenvalue weighted by molar-refractivity contribution is 5.99. The second kappa shape index (κ2) is 8.74. The Balaban J connectivity index is 1.60. The lowest BCUT2D eigenvalue weighted by atomic mass is 9.90. The number of halogens is 3. The van der Waals surface area contributed by atoms with Crippen LogP contribution in [-0.4, -0.2) is 22.1 Å². The Hall–Kier alpha value is -3.82. The van der Waals surface area contributed by atoms with Gasteiger partial charge in [0.05, 0.1) is 17.2 Å². The Bertz CT molecular complexity index is 1100. The molecule has 3 aromatic rings. The highest BCUT2D eigenvalue weighted by atomic mass is 19.4. The standard InChI is InChI=1S/C22H20F3N3O4/c1-21(2,19(29)30)11-18-26-12-17(32-18)13-3-7-15(8-4-13)27-20(31)28-16-9-5-14(6-10-16)22(23,24)25/h3-10,12H,11H2,1-2H3,(H,29,30)(H2,27,28,31). The number of carboxylic acids is 1. The van der Waals surface area contributed by atoms with Gasteiger partial charge in [0, 0.05) is 23.4 Å². The van der Waals surface area contributed by atoms with E-state index in [-0.39, 0.29) is 12.1 Å². The van der Waals surface area contributed by atoms with Gasteiger partial charge in [0.25, 0.3) is 0 Å². The zero-order chi connectivity index (χ0) is 23.5. The van der Waals surface area contributed by atoms with Gasteiger partial charge in [-0.15, -0.1) is 0 Å². The minimum Gasteiger partial charge on any atom is -0.481 e. The van der Waals surface area contributed by atoms with Gasteiger partial charge in [-0.05, 0) is 62.4 Å². The van der Waals surface area contributed by atoms with Crippen molar-refractivity contribution in [2.45, 2.75) is 26.4 Å². The van der Waals surface area contributed by atoms with Crippen LogP contribution < -0.4 is 10.6 Å². The number of carbonyl (C=O) groups excluding carboxylic acids is 1. The summed E-state index contributed by atoms with van der Waals surface area (Å²) in [5.74, 6) is -0.213. The van der Waals surface area contributed by atoms with E-state index in [1.165, 1.54) is 18.3 Å². The smallest absolute Gasteiger partial charge is 0.416 e. The number of nitrogens with zero attached hydrogens (tertiary/aromatic N) is 1. The molecule has 3 N–H and O–H groups in total. The van der Waals surface area contributed by atoms with Gasteiger partial charge in [0.15, 0.2) is 11.7 Å². The average molecular weight is 447 g/mol. The number of carboxylic acid groups (broad SMARTS) is 1. The van der Waals surface area contributed by atoms with Crippen molar-refractivity contribution in [1.29, 1.82) is 0 Å². The molecule has 168 valence electrons. The van der Waals surface area contributed by atoms with Crippen LogP contribution in [0.5, 0.6) is 0 Å². The third-order valence-electron chi connectivity index (χ3n) is 4.62. The summed E-state index contributed by atoms with van der Waals surface area (Å²) in [6.45, 7) is 3.16. The molecule has 1 heterocycles. The Morgan fingerprint density at radius 1 is 0.969 bits per heavy atom. The van der Waals surface area contributed by atoms with Gasteiger partial charge in [-0.1, -0.05) is 0 Å². The summed E-state index contributed by atoms with van der Waals surface area (Å²) in [4.78, 5) is 27.5. The summed E-state index contributed by atoms with van der Waals surface area (Å²) in [5.41, 5.74) is -0.488. The van der Waals surface area contributed by atoms with Crippen LogP contribution in [0.3, 0.4) is 0 Å². The fraction of sp³-hybridized carbons (Fsp3) is 0.227. The maximum Gasteiger partial charge on any atom is 0.416 e. The molecule has 7 nitrogen and oxygen atoms in total. The summed E-state index contributed by atoms with van der Waals surface area (Å²) < 4.78 is 43.4. The van der Waals surface area contributed by atoms with Gasteiger partial charge < -0.3 is 20.2 Å². The second-order valence-electron chi connectivity index (χ2n) is 7.72. The molecule has 32 heavy (non-hydrogen) atoms. The molecule has 10 heteroatoms. The maximum atomic E-state index is 12.6. The van der Waals surface area contributed by atoms with Crippen LogP contribution in [0.1, 0.15) is 25.3 Å². The molecule has 0 bridgehead atoms. The maximum absolute atomic E-state index is 12.6. The number of hydrogen-bond donors (Lipinski definition) is 3. The van der Waals surface area contributed by atoms with Crippen molar-refractivity contribution in [3.8, 4) is 11.3 Å². The van der Waals surface area contributed by atoms with Gasteiger partial charge in [0.2, 0.25) is 0 Å².